The maximum atomic E-state index is 12.7. The highest BCUT2D eigenvalue weighted by atomic mass is 35.5. The van der Waals surface area contributed by atoms with Crippen LogP contribution in [-0.2, 0) is 11.3 Å². The van der Waals surface area contributed by atoms with Gasteiger partial charge in [-0.05, 0) is 30.7 Å². The number of carbonyl (C=O) groups excluding carboxylic acids is 2. The van der Waals surface area contributed by atoms with Crippen LogP contribution in [0.3, 0.4) is 0 Å². The van der Waals surface area contributed by atoms with Crippen molar-refractivity contribution in [1.29, 1.82) is 0 Å². The maximum absolute atomic E-state index is 12.7. The third-order valence-electron chi connectivity index (χ3n) is 5.45. The average Bonchev–Trinajstić information content (AvgIpc) is 3.10. The fourth-order valence-corrected chi connectivity index (χ4v) is 4.15. The number of oxazole rings is 1. The minimum atomic E-state index is -0.416. The van der Waals surface area contributed by atoms with Crippen LogP contribution in [0.2, 0.25) is 10.0 Å². The lowest BCUT2D eigenvalue weighted by Gasteiger charge is -2.35. The van der Waals surface area contributed by atoms with Gasteiger partial charge in [-0.25, -0.2) is 4.79 Å². The zero-order valence-electron chi connectivity index (χ0n) is 16.7. The lowest BCUT2D eigenvalue weighted by Crippen LogP contribution is -2.50. The molecule has 7 nitrogen and oxygen atoms in total. The highest BCUT2D eigenvalue weighted by molar-refractivity contribution is 6.43. The van der Waals surface area contributed by atoms with E-state index in [1.807, 2.05) is 18.2 Å². The van der Waals surface area contributed by atoms with Crippen LogP contribution in [0.25, 0.3) is 11.1 Å². The second-order valence-electron chi connectivity index (χ2n) is 7.37. The summed E-state index contributed by atoms with van der Waals surface area (Å²) >= 11 is 12.2. The van der Waals surface area contributed by atoms with Crippen LogP contribution in [0.4, 0.5) is 0 Å². The van der Waals surface area contributed by atoms with Crippen molar-refractivity contribution in [3.05, 3.63) is 68.6 Å². The third kappa shape index (κ3) is 4.48. The summed E-state index contributed by atoms with van der Waals surface area (Å²) in [5.74, 6) is -0.597. The molecule has 2 aromatic carbocycles. The van der Waals surface area contributed by atoms with Gasteiger partial charge in [0.2, 0.25) is 5.91 Å². The van der Waals surface area contributed by atoms with Crippen molar-refractivity contribution < 1.29 is 14.0 Å². The first-order valence-electron chi connectivity index (χ1n) is 10.0. The predicted molar refractivity (Wildman–Crippen MR) is 119 cm³/mol. The molecule has 2 heterocycles. The lowest BCUT2D eigenvalue weighted by molar-refractivity contribution is -0.132. The predicted octanol–water partition coefficient (Wildman–Crippen LogP) is 3.67. The molecule has 0 unspecified atom stereocenters. The van der Waals surface area contributed by atoms with Crippen molar-refractivity contribution >= 4 is 46.1 Å². The van der Waals surface area contributed by atoms with Crippen LogP contribution in [0.15, 0.2) is 51.7 Å². The number of fused-ring (bicyclic) bond motifs is 1. The lowest BCUT2D eigenvalue weighted by atomic mass is 10.1. The molecule has 1 aromatic heterocycles. The average molecular weight is 462 g/mol. The molecule has 1 aliphatic rings. The smallest absolute Gasteiger partial charge is 0.408 e. The van der Waals surface area contributed by atoms with Crippen LogP contribution in [0.1, 0.15) is 23.2 Å². The number of benzene rings is 2. The normalized spacial score (nSPS) is 14.3. The number of rotatable bonds is 5. The summed E-state index contributed by atoms with van der Waals surface area (Å²) in [7, 11) is 0. The van der Waals surface area contributed by atoms with E-state index in [1.54, 1.807) is 38.6 Å². The monoisotopic (exact) mass is 461 g/mol. The summed E-state index contributed by atoms with van der Waals surface area (Å²) in [6.07, 6.45) is 0.847. The van der Waals surface area contributed by atoms with Gasteiger partial charge in [0.05, 0.1) is 21.1 Å². The molecule has 0 bridgehead atoms. The molecule has 9 heteroatoms. The van der Waals surface area contributed by atoms with Gasteiger partial charge in [0.25, 0.3) is 5.91 Å². The summed E-state index contributed by atoms with van der Waals surface area (Å²) in [5.41, 5.74) is 1.64. The van der Waals surface area contributed by atoms with Crippen molar-refractivity contribution in [1.82, 2.24) is 14.4 Å². The van der Waals surface area contributed by atoms with Crippen molar-refractivity contribution in [2.24, 2.45) is 0 Å². The van der Waals surface area contributed by atoms with Crippen LogP contribution >= 0.6 is 23.2 Å². The first kappa shape index (κ1) is 21.5. The van der Waals surface area contributed by atoms with Gasteiger partial charge in [-0.1, -0.05) is 41.4 Å². The number of amides is 2. The molecular weight excluding hydrogens is 441 g/mol. The quantitative estimate of drug-likeness (QED) is 0.580. The first-order chi connectivity index (χ1) is 15.0. The minimum Gasteiger partial charge on any atom is -0.408 e. The summed E-state index contributed by atoms with van der Waals surface area (Å²) < 4.78 is 6.77. The number of para-hydroxylation sites is 2. The van der Waals surface area contributed by atoms with Gasteiger partial charge in [-0.2, -0.15) is 0 Å². The number of carbonyl (C=O) groups is 2. The molecule has 0 saturated carbocycles. The Labute approximate surface area is 188 Å². The van der Waals surface area contributed by atoms with Crippen LogP contribution in [0.5, 0.6) is 0 Å². The van der Waals surface area contributed by atoms with E-state index < -0.39 is 5.76 Å². The summed E-state index contributed by atoms with van der Waals surface area (Å²) in [6.45, 7) is 2.18. The molecule has 0 atom stereocenters. The van der Waals surface area contributed by atoms with Gasteiger partial charge in [-0.3, -0.25) is 14.2 Å². The SMILES string of the molecule is O=C(CCCn1c(=O)oc2ccccc21)N1CCN(C(=O)c2cccc(Cl)c2Cl)CC1. The van der Waals surface area contributed by atoms with Gasteiger partial charge in [0.1, 0.15) is 0 Å². The van der Waals surface area contributed by atoms with Gasteiger partial charge in [-0.15, -0.1) is 0 Å². The Morgan fingerprint density at radius 3 is 2.42 bits per heavy atom. The summed E-state index contributed by atoms with van der Waals surface area (Å²) in [5, 5.41) is 0.584. The molecule has 1 saturated heterocycles. The minimum absolute atomic E-state index is 0.00809. The highest BCUT2D eigenvalue weighted by Gasteiger charge is 2.26. The second-order valence-corrected chi connectivity index (χ2v) is 8.15. The van der Waals surface area contributed by atoms with Gasteiger partial charge < -0.3 is 14.2 Å². The molecule has 0 spiro atoms. The Morgan fingerprint density at radius 1 is 0.935 bits per heavy atom. The largest absolute Gasteiger partial charge is 0.419 e. The molecule has 3 aromatic rings. The number of aromatic nitrogens is 1. The van der Waals surface area contributed by atoms with E-state index in [-0.39, 0.29) is 16.8 Å². The molecule has 4 rings (SSSR count). The Morgan fingerprint density at radius 2 is 1.65 bits per heavy atom. The van der Waals surface area contributed by atoms with E-state index in [0.717, 1.165) is 5.52 Å². The molecule has 2 amide bonds. The van der Waals surface area contributed by atoms with Crippen molar-refractivity contribution in [3.63, 3.8) is 0 Å². The molecule has 31 heavy (non-hydrogen) atoms. The van der Waals surface area contributed by atoms with E-state index in [0.29, 0.717) is 61.7 Å². The molecule has 0 N–H and O–H groups in total. The summed E-state index contributed by atoms with van der Waals surface area (Å²) in [4.78, 5) is 40.8. The van der Waals surface area contributed by atoms with E-state index >= 15 is 0 Å². The molecular formula is C22H21Cl2N3O4. The number of hydrogen-bond donors (Lipinski definition) is 0. The van der Waals surface area contributed by atoms with Crippen LogP contribution in [0, 0.1) is 0 Å². The number of aryl methyl sites for hydroxylation is 1. The molecule has 1 fully saturated rings. The van der Waals surface area contributed by atoms with E-state index in [4.69, 9.17) is 27.6 Å². The van der Waals surface area contributed by atoms with Gasteiger partial charge in [0, 0.05) is 39.1 Å². The standard InChI is InChI=1S/C22H21Cl2N3O4/c23-16-6-3-5-15(20(16)24)21(29)26-13-11-25(12-14-26)19(28)9-4-10-27-17-7-1-2-8-18(17)31-22(27)30/h1-3,5-8H,4,9-14H2. The van der Waals surface area contributed by atoms with Crippen molar-refractivity contribution in [2.45, 2.75) is 19.4 Å². The van der Waals surface area contributed by atoms with Crippen molar-refractivity contribution in [2.75, 3.05) is 26.2 Å². The fourth-order valence-electron chi connectivity index (χ4n) is 3.77. The van der Waals surface area contributed by atoms with Gasteiger partial charge in [0.15, 0.2) is 5.58 Å². The Balaban J connectivity index is 1.29. The Kier molecular flexibility index (Phi) is 6.34. The number of nitrogens with zero attached hydrogens (tertiary/aromatic N) is 3. The topological polar surface area (TPSA) is 75.8 Å². The molecule has 162 valence electrons. The van der Waals surface area contributed by atoms with Crippen molar-refractivity contribution in [3.8, 4) is 0 Å². The number of halogens is 2. The summed E-state index contributed by atoms with van der Waals surface area (Å²) in [6, 6.07) is 12.2. The van der Waals surface area contributed by atoms with E-state index in [9.17, 15) is 14.4 Å². The third-order valence-corrected chi connectivity index (χ3v) is 6.27. The highest BCUT2D eigenvalue weighted by Crippen LogP contribution is 2.27. The zero-order chi connectivity index (χ0) is 22.0. The number of piperazine rings is 1. The van der Waals surface area contributed by atoms with Gasteiger partial charge >= 0.3 is 5.76 Å². The number of hydrogen-bond acceptors (Lipinski definition) is 4. The first-order valence-corrected chi connectivity index (χ1v) is 10.8. The maximum Gasteiger partial charge on any atom is 0.419 e. The van der Waals surface area contributed by atoms with Crippen LogP contribution in [-0.4, -0.2) is 52.4 Å². The van der Waals surface area contributed by atoms with E-state index in [2.05, 4.69) is 0 Å². The van der Waals surface area contributed by atoms with E-state index in [1.165, 1.54) is 0 Å². The fraction of sp³-hybridized carbons (Fsp3) is 0.318. The molecule has 0 aliphatic carbocycles. The Hall–Kier alpha value is -2.77. The zero-order valence-corrected chi connectivity index (χ0v) is 18.2. The Bertz CT molecular complexity index is 1180. The molecule has 1 aliphatic heterocycles. The van der Waals surface area contributed by atoms with Crippen LogP contribution < -0.4 is 5.76 Å². The second kappa shape index (κ2) is 9.16. The molecule has 0 radical (unpaired) electrons.